The van der Waals surface area contributed by atoms with Crippen LogP contribution in [0.5, 0.6) is 0 Å². The van der Waals surface area contributed by atoms with E-state index < -0.39 is 54.2 Å². The normalized spacial score (nSPS) is 13.1. The fourth-order valence-electron chi connectivity index (χ4n) is 2.92. The zero-order valence-corrected chi connectivity index (χ0v) is 15.1. The molecule has 2 aromatic rings. The highest BCUT2D eigenvalue weighted by molar-refractivity contribution is 5.65. The van der Waals surface area contributed by atoms with E-state index in [4.69, 9.17) is 0 Å². The van der Waals surface area contributed by atoms with E-state index in [1.54, 1.807) is 19.1 Å². The average molecular weight is 410 g/mol. The van der Waals surface area contributed by atoms with Gasteiger partial charge in [0.25, 0.3) is 17.8 Å². The van der Waals surface area contributed by atoms with Crippen molar-refractivity contribution in [2.75, 3.05) is 0 Å². The van der Waals surface area contributed by atoms with Gasteiger partial charge in [0.2, 0.25) is 0 Å². The molecule has 0 unspecified atom stereocenters. The quantitative estimate of drug-likeness (QED) is 0.424. The van der Waals surface area contributed by atoms with E-state index in [1.165, 1.54) is 12.1 Å². The summed E-state index contributed by atoms with van der Waals surface area (Å²) in [6.07, 6.45) is -5.78. The van der Waals surface area contributed by atoms with Crippen LogP contribution in [0.25, 0.3) is 11.1 Å². The molecule has 2 rings (SSSR count). The molecule has 0 aliphatic rings. The standard InChI is InChI=1S/C20H18F8/c1-12-3-5-13(6-4-12)15-8-7-14(16(21)17(15)22)9-19(25,26)11-20(27,28)10-18(2,23)24/h3-8H,9-11H2,1-2H3. The van der Waals surface area contributed by atoms with Gasteiger partial charge in [0, 0.05) is 12.0 Å². The summed E-state index contributed by atoms with van der Waals surface area (Å²) in [5, 5.41) is 0. The summed E-state index contributed by atoms with van der Waals surface area (Å²) >= 11 is 0. The first kappa shape index (κ1) is 22.2. The van der Waals surface area contributed by atoms with Gasteiger partial charge in [-0.25, -0.2) is 35.1 Å². The van der Waals surface area contributed by atoms with Crippen molar-refractivity contribution < 1.29 is 35.1 Å². The minimum atomic E-state index is -4.36. The van der Waals surface area contributed by atoms with Gasteiger partial charge < -0.3 is 0 Å². The van der Waals surface area contributed by atoms with Crippen LogP contribution in [-0.2, 0) is 6.42 Å². The number of halogens is 8. The summed E-state index contributed by atoms with van der Waals surface area (Å²) in [6, 6.07) is 8.31. The Hall–Kier alpha value is -2.12. The molecule has 8 heteroatoms. The van der Waals surface area contributed by atoms with Crippen LogP contribution in [0.1, 0.15) is 30.9 Å². The lowest BCUT2D eigenvalue weighted by Crippen LogP contribution is -2.35. The Bertz CT molecular complexity index is 819. The van der Waals surface area contributed by atoms with Crippen LogP contribution >= 0.6 is 0 Å². The molecule has 0 amide bonds. The van der Waals surface area contributed by atoms with Gasteiger partial charge in [0.1, 0.15) is 0 Å². The van der Waals surface area contributed by atoms with E-state index in [9.17, 15) is 35.1 Å². The molecule has 0 saturated carbocycles. The summed E-state index contributed by atoms with van der Waals surface area (Å²) in [6.45, 7) is 1.98. The second-order valence-electron chi connectivity index (χ2n) is 7.08. The molecule has 0 atom stereocenters. The molecule has 0 heterocycles. The third-order valence-electron chi connectivity index (χ3n) is 4.06. The highest BCUT2D eigenvalue weighted by Gasteiger charge is 2.48. The summed E-state index contributed by atoms with van der Waals surface area (Å²) < 4.78 is 109. The first-order valence-corrected chi connectivity index (χ1v) is 8.37. The molecule has 0 fully saturated rings. The maximum Gasteiger partial charge on any atom is 0.259 e. The van der Waals surface area contributed by atoms with Crippen LogP contribution in [-0.4, -0.2) is 17.8 Å². The Balaban J connectivity index is 2.24. The SMILES string of the molecule is Cc1ccc(-c2ccc(CC(F)(F)CC(F)(F)CC(C)(F)F)c(F)c2F)cc1. The maximum absolute atomic E-state index is 14.3. The van der Waals surface area contributed by atoms with Gasteiger partial charge >= 0.3 is 0 Å². The number of aryl methyl sites for hydroxylation is 1. The summed E-state index contributed by atoms with van der Waals surface area (Å²) in [4.78, 5) is 0. The van der Waals surface area contributed by atoms with Crippen molar-refractivity contribution in [1.29, 1.82) is 0 Å². The van der Waals surface area contributed by atoms with Gasteiger partial charge in [0.05, 0.1) is 12.8 Å². The monoisotopic (exact) mass is 410 g/mol. The van der Waals surface area contributed by atoms with Crippen LogP contribution in [0.15, 0.2) is 36.4 Å². The van der Waals surface area contributed by atoms with Crippen molar-refractivity contribution in [2.45, 2.75) is 50.9 Å². The van der Waals surface area contributed by atoms with E-state index >= 15 is 0 Å². The van der Waals surface area contributed by atoms with Crippen molar-refractivity contribution in [3.63, 3.8) is 0 Å². The molecule has 28 heavy (non-hydrogen) atoms. The Labute approximate surface area is 157 Å². The minimum absolute atomic E-state index is 0.166. The second kappa shape index (κ2) is 7.72. The lowest BCUT2D eigenvalue weighted by molar-refractivity contribution is -0.151. The summed E-state index contributed by atoms with van der Waals surface area (Å²) in [5.74, 6) is -15.4. The minimum Gasteiger partial charge on any atom is -0.207 e. The first-order chi connectivity index (χ1) is 12.7. The topological polar surface area (TPSA) is 0 Å². The lowest BCUT2D eigenvalue weighted by atomic mass is 9.95. The maximum atomic E-state index is 14.3. The number of hydrogen-bond donors (Lipinski definition) is 0. The molecule has 0 radical (unpaired) electrons. The van der Waals surface area contributed by atoms with E-state index in [0.717, 1.165) is 17.7 Å². The van der Waals surface area contributed by atoms with Gasteiger partial charge in [-0.3, -0.25) is 0 Å². The Morgan fingerprint density at radius 3 is 1.82 bits per heavy atom. The van der Waals surface area contributed by atoms with Gasteiger partial charge in [-0.2, -0.15) is 0 Å². The van der Waals surface area contributed by atoms with Gasteiger partial charge in [-0.15, -0.1) is 0 Å². The number of hydrogen-bond acceptors (Lipinski definition) is 0. The van der Waals surface area contributed by atoms with Crippen molar-refractivity contribution in [3.05, 3.63) is 59.2 Å². The van der Waals surface area contributed by atoms with Crippen LogP contribution in [0.2, 0.25) is 0 Å². The van der Waals surface area contributed by atoms with Gasteiger partial charge in [-0.05, 0) is 25.0 Å². The largest absolute Gasteiger partial charge is 0.259 e. The first-order valence-electron chi connectivity index (χ1n) is 8.37. The Kier molecular flexibility index (Phi) is 6.11. The summed E-state index contributed by atoms with van der Waals surface area (Å²) in [7, 11) is 0. The zero-order valence-electron chi connectivity index (χ0n) is 15.1. The third-order valence-corrected chi connectivity index (χ3v) is 4.06. The molecule has 0 N–H and O–H groups in total. The molecule has 0 aliphatic heterocycles. The van der Waals surface area contributed by atoms with E-state index in [1.807, 2.05) is 0 Å². The van der Waals surface area contributed by atoms with E-state index in [-0.39, 0.29) is 12.5 Å². The van der Waals surface area contributed by atoms with Crippen molar-refractivity contribution >= 4 is 0 Å². The highest BCUT2D eigenvalue weighted by atomic mass is 19.3. The number of rotatable bonds is 7. The van der Waals surface area contributed by atoms with Crippen LogP contribution < -0.4 is 0 Å². The molecule has 0 nitrogen and oxygen atoms in total. The Morgan fingerprint density at radius 2 is 1.29 bits per heavy atom. The predicted molar refractivity (Wildman–Crippen MR) is 90.0 cm³/mol. The molecule has 0 aromatic heterocycles. The summed E-state index contributed by atoms with van der Waals surface area (Å²) in [5.41, 5.74) is 0.217. The van der Waals surface area contributed by atoms with Crippen LogP contribution in [0.3, 0.4) is 0 Å². The molecule has 0 bridgehead atoms. The number of benzene rings is 2. The number of alkyl halides is 6. The van der Waals surface area contributed by atoms with Gasteiger partial charge in [-0.1, -0.05) is 42.0 Å². The van der Waals surface area contributed by atoms with Crippen molar-refractivity contribution in [3.8, 4) is 11.1 Å². The molecular formula is C20H18F8. The fraction of sp³-hybridized carbons (Fsp3) is 0.400. The third kappa shape index (κ3) is 5.94. The van der Waals surface area contributed by atoms with Crippen LogP contribution in [0.4, 0.5) is 35.1 Å². The molecule has 154 valence electrons. The van der Waals surface area contributed by atoms with Crippen molar-refractivity contribution in [1.82, 2.24) is 0 Å². The fourth-order valence-corrected chi connectivity index (χ4v) is 2.92. The Morgan fingerprint density at radius 1 is 0.714 bits per heavy atom. The van der Waals surface area contributed by atoms with Gasteiger partial charge in [0.15, 0.2) is 11.6 Å². The lowest BCUT2D eigenvalue weighted by Gasteiger charge is -2.25. The average Bonchev–Trinajstić information content (AvgIpc) is 2.49. The smallest absolute Gasteiger partial charge is 0.207 e. The second-order valence-corrected chi connectivity index (χ2v) is 7.08. The predicted octanol–water partition coefficient (Wildman–Crippen LogP) is 7.19. The van der Waals surface area contributed by atoms with Crippen molar-refractivity contribution in [2.24, 2.45) is 0 Å². The van der Waals surface area contributed by atoms with E-state index in [0.29, 0.717) is 5.56 Å². The van der Waals surface area contributed by atoms with E-state index in [2.05, 4.69) is 0 Å². The highest BCUT2D eigenvalue weighted by Crippen LogP contribution is 2.40. The molecule has 0 spiro atoms. The molecule has 0 aliphatic carbocycles. The molecular weight excluding hydrogens is 392 g/mol. The van der Waals surface area contributed by atoms with Crippen LogP contribution in [0, 0.1) is 18.6 Å². The zero-order chi connectivity index (χ0) is 21.3. The molecule has 2 aromatic carbocycles. The molecule has 0 saturated heterocycles.